The number of hydrogen-bond donors (Lipinski definition) is 2. The molecule has 20 heavy (non-hydrogen) atoms. The van der Waals surface area contributed by atoms with Crippen molar-refractivity contribution in [1.29, 1.82) is 0 Å². The number of carbonyl (C=O) groups excluding carboxylic acids is 1. The predicted octanol–water partition coefficient (Wildman–Crippen LogP) is 3.04. The summed E-state index contributed by atoms with van der Waals surface area (Å²) in [4.78, 5) is 12.0. The molecule has 2 rings (SSSR count). The van der Waals surface area contributed by atoms with E-state index in [1.165, 1.54) is 18.2 Å². The molecule has 0 aliphatic rings. The molecule has 0 radical (unpaired) electrons. The van der Waals surface area contributed by atoms with E-state index in [1.54, 1.807) is 19.1 Å². The molecule has 0 heterocycles. The molecule has 1 atom stereocenters. The Bertz CT molecular complexity index is 644. The minimum absolute atomic E-state index is 0.0638. The fraction of sp³-hybridized carbons (Fsp3) is 0.133. The molecule has 3 N–H and O–H groups in total. The van der Waals surface area contributed by atoms with Crippen LogP contribution in [0.4, 0.5) is 14.5 Å². The lowest BCUT2D eigenvalue weighted by Gasteiger charge is -2.15. The van der Waals surface area contributed by atoms with Gasteiger partial charge in [-0.3, -0.25) is 4.79 Å². The summed E-state index contributed by atoms with van der Waals surface area (Å²) in [5.74, 6) is -1.30. The monoisotopic (exact) mass is 276 g/mol. The zero-order valence-electron chi connectivity index (χ0n) is 10.9. The maximum atomic E-state index is 13.1. The Kier molecular flexibility index (Phi) is 3.98. The second-order valence-electron chi connectivity index (χ2n) is 4.48. The molecule has 0 fully saturated rings. The maximum Gasteiger partial charge on any atom is 0.253 e. The Hall–Kier alpha value is -2.43. The summed E-state index contributed by atoms with van der Waals surface area (Å²) in [5, 5.41) is 2.69. The summed E-state index contributed by atoms with van der Waals surface area (Å²) in [6.45, 7) is 1.73. The first kappa shape index (κ1) is 14.0. The highest BCUT2D eigenvalue weighted by Crippen LogP contribution is 2.17. The molecule has 104 valence electrons. The summed E-state index contributed by atoms with van der Waals surface area (Å²) in [6, 6.07) is 9.14. The van der Waals surface area contributed by atoms with E-state index in [0.717, 1.165) is 12.1 Å². The lowest BCUT2D eigenvalue weighted by Crippen LogP contribution is -2.27. The molecular formula is C15H14F2N2O. The van der Waals surface area contributed by atoms with Gasteiger partial charge in [-0.25, -0.2) is 8.78 Å². The number of anilines is 1. The maximum absolute atomic E-state index is 13.1. The van der Waals surface area contributed by atoms with Gasteiger partial charge in [-0.05, 0) is 42.8 Å². The Morgan fingerprint density at radius 2 is 1.85 bits per heavy atom. The highest BCUT2D eigenvalue weighted by atomic mass is 19.1. The zero-order chi connectivity index (χ0) is 14.7. The lowest BCUT2D eigenvalue weighted by atomic mass is 10.1. The number of amides is 1. The van der Waals surface area contributed by atoms with Crippen molar-refractivity contribution in [3.05, 3.63) is 65.2 Å². The fourth-order valence-corrected chi connectivity index (χ4v) is 1.87. The van der Waals surface area contributed by atoms with Gasteiger partial charge in [-0.15, -0.1) is 0 Å². The lowest BCUT2D eigenvalue weighted by molar-refractivity contribution is 0.0940. The summed E-state index contributed by atoms with van der Waals surface area (Å²) >= 11 is 0. The van der Waals surface area contributed by atoms with Gasteiger partial charge < -0.3 is 11.1 Å². The molecule has 0 spiro atoms. The van der Waals surface area contributed by atoms with E-state index in [9.17, 15) is 13.6 Å². The SMILES string of the molecule is C[C@@H](NC(=O)c1ccc(F)cc1N)c1cccc(F)c1. The van der Waals surface area contributed by atoms with E-state index < -0.39 is 11.7 Å². The number of halogens is 2. The fourth-order valence-electron chi connectivity index (χ4n) is 1.87. The van der Waals surface area contributed by atoms with Gasteiger partial charge in [0.1, 0.15) is 11.6 Å². The first-order valence-electron chi connectivity index (χ1n) is 6.08. The molecule has 5 heteroatoms. The van der Waals surface area contributed by atoms with Crippen LogP contribution < -0.4 is 11.1 Å². The average molecular weight is 276 g/mol. The first-order chi connectivity index (χ1) is 9.47. The van der Waals surface area contributed by atoms with Gasteiger partial charge >= 0.3 is 0 Å². The van der Waals surface area contributed by atoms with Crippen molar-refractivity contribution in [3.8, 4) is 0 Å². The van der Waals surface area contributed by atoms with Crippen LogP contribution in [0.3, 0.4) is 0 Å². The van der Waals surface area contributed by atoms with Gasteiger partial charge in [0.2, 0.25) is 0 Å². The van der Waals surface area contributed by atoms with Crippen molar-refractivity contribution < 1.29 is 13.6 Å². The quantitative estimate of drug-likeness (QED) is 0.847. The van der Waals surface area contributed by atoms with Crippen molar-refractivity contribution >= 4 is 11.6 Å². The minimum atomic E-state index is -0.503. The number of carbonyl (C=O) groups is 1. The summed E-state index contributed by atoms with van der Waals surface area (Å²) in [7, 11) is 0. The number of nitrogens with one attached hydrogen (secondary N) is 1. The van der Waals surface area contributed by atoms with Crippen molar-refractivity contribution in [2.24, 2.45) is 0 Å². The Morgan fingerprint density at radius 3 is 2.50 bits per heavy atom. The molecule has 0 saturated carbocycles. The first-order valence-corrected chi connectivity index (χ1v) is 6.08. The van der Waals surface area contributed by atoms with Gasteiger partial charge in [0, 0.05) is 5.69 Å². The van der Waals surface area contributed by atoms with Crippen LogP contribution in [0.5, 0.6) is 0 Å². The Morgan fingerprint density at radius 1 is 1.15 bits per heavy atom. The summed E-state index contributed by atoms with van der Waals surface area (Å²) in [5.41, 5.74) is 6.49. The van der Waals surface area contributed by atoms with Crippen LogP contribution in [-0.4, -0.2) is 5.91 Å². The van der Waals surface area contributed by atoms with E-state index in [-0.39, 0.29) is 23.1 Å². The van der Waals surface area contributed by atoms with Crippen LogP contribution in [0.15, 0.2) is 42.5 Å². The van der Waals surface area contributed by atoms with Crippen molar-refractivity contribution in [2.75, 3.05) is 5.73 Å². The molecule has 2 aromatic rings. The highest BCUT2D eigenvalue weighted by Gasteiger charge is 2.14. The number of hydrogen-bond acceptors (Lipinski definition) is 2. The third-order valence-electron chi connectivity index (χ3n) is 2.95. The number of nitrogen functional groups attached to an aromatic ring is 1. The van der Waals surface area contributed by atoms with Crippen LogP contribution >= 0.6 is 0 Å². The topological polar surface area (TPSA) is 55.1 Å². The van der Waals surface area contributed by atoms with Crippen molar-refractivity contribution in [3.63, 3.8) is 0 Å². The van der Waals surface area contributed by atoms with Crippen LogP contribution in [0.1, 0.15) is 28.9 Å². The van der Waals surface area contributed by atoms with E-state index in [4.69, 9.17) is 5.73 Å². The van der Waals surface area contributed by atoms with Gasteiger partial charge in [0.05, 0.1) is 11.6 Å². The number of benzene rings is 2. The molecule has 0 unspecified atom stereocenters. The minimum Gasteiger partial charge on any atom is -0.398 e. The largest absolute Gasteiger partial charge is 0.398 e. The van der Waals surface area contributed by atoms with Crippen LogP contribution in [-0.2, 0) is 0 Å². The molecule has 0 saturated heterocycles. The molecule has 0 aromatic heterocycles. The summed E-state index contributed by atoms with van der Waals surface area (Å²) < 4.78 is 26.1. The third kappa shape index (κ3) is 3.12. The molecular weight excluding hydrogens is 262 g/mol. The van der Waals surface area contributed by atoms with E-state index in [2.05, 4.69) is 5.32 Å². The zero-order valence-corrected chi connectivity index (χ0v) is 10.9. The number of rotatable bonds is 3. The van der Waals surface area contributed by atoms with Crippen molar-refractivity contribution in [2.45, 2.75) is 13.0 Å². The Labute approximate surface area is 115 Å². The standard InChI is InChI=1S/C15H14F2N2O/c1-9(10-3-2-4-11(16)7-10)19-15(20)13-6-5-12(17)8-14(13)18/h2-9H,18H2,1H3,(H,19,20)/t9-/m1/s1. The second kappa shape index (κ2) is 5.69. The van der Waals surface area contributed by atoms with Gasteiger partial charge in [0.15, 0.2) is 0 Å². The van der Waals surface area contributed by atoms with Gasteiger partial charge in [-0.1, -0.05) is 12.1 Å². The molecule has 0 aliphatic heterocycles. The molecule has 3 nitrogen and oxygen atoms in total. The van der Waals surface area contributed by atoms with E-state index in [1.807, 2.05) is 0 Å². The molecule has 0 aliphatic carbocycles. The smallest absolute Gasteiger partial charge is 0.253 e. The van der Waals surface area contributed by atoms with Gasteiger partial charge in [-0.2, -0.15) is 0 Å². The van der Waals surface area contributed by atoms with Crippen LogP contribution in [0, 0.1) is 11.6 Å². The average Bonchev–Trinajstić information content (AvgIpc) is 2.38. The molecule has 2 aromatic carbocycles. The normalized spacial score (nSPS) is 11.9. The van der Waals surface area contributed by atoms with Crippen LogP contribution in [0.2, 0.25) is 0 Å². The Balaban J connectivity index is 2.15. The molecule has 0 bridgehead atoms. The van der Waals surface area contributed by atoms with Crippen LogP contribution in [0.25, 0.3) is 0 Å². The second-order valence-corrected chi connectivity index (χ2v) is 4.48. The van der Waals surface area contributed by atoms with E-state index in [0.29, 0.717) is 5.56 Å². The van der Waals surface area contributed by atoms with Gasteiger partial charge in [0.25, 0.3) is 5.91 Å². The van der Waals surface area contributed by atoms with E-state index >= 15 is 0 Å². The third-order valence-corrected chi connectivity index (χ3v) is 2.95. The summed E-state index contributed by atoms with van der Waals surface area (Å²) in [6.07, 6.45) is 0. The molecule has 1 amide bonds. The highest BCUT2D eigenvalue weighted by molar-refractivity contribution is 5.99. The van der Waals surface area contributed by atoms with Crippen molar-refractivity contribution in [1.82, 2.24) is 5.32 Å². The number of nitrogens with two attached hydrogens (primary N) is 1. The predicted molar refractivity (Wildman–Crippen MR) is 73.1 cm³/mol.